The van der Waals surface area contributed by atoms with Crippen LogP contribution in [0.5, 0.6) is 5.75 Å². The van der Waals surface area contributed by atoms with Crippen molar-refractivity contribution in [1.82, 2.24) is 5.32 Å². The fraction of sp³-hybridized carbons (Fsp3) is 0.0435. The SMILES string of the molecule is O=C1NC(=Nc2ccc(F)cc2)S/C1=C/c1cc(Cl)c(OCc2ccc(Cl)cc2Cl)c(Cl)c1. The number of carbonyl (C=O) groups is 1. The average Bonchev–Trinajstić information content (AvgIpc) is 3.09. The zero-order valence-corrected chi connectivity index (χ0v) is 20.4. The molecule has 0 saturated carbocycles. The summed E-state index contributed by atoms with van der Waals surface area (Å²) < 4.78 is 18.8. The van der Waals surface area contributed by atoms with Crippen molar-refractivity contribution in [1.29, 1.82) is 0 Å². The molecule has 0 aliphatic carbocycles. The lowest BCUT2D eigenvalue weighted by molar-refractivity contribution is -0.115. The third-order valence-corrected chi connectivity index (χ3v) is 6.47. The number of carbonyl (C=O) groups excluding carboxylic acids is 1. The maximum atomic E-state index is 13.1. The molecule has 0 spiro atoms. The first-order chi connectivity index (χ1) is 15.8. The molecule has 10 heteroatoms. The Hall–Kier alpha value is -2.22. The number of aliphatic imine (C=N–C) groups is 1. The largest absolute Gasteiger partial charge is 0.486 e. The van der Waals surface area contributed by atoms with E-state index in [9.17, 15) is 9.18 Å². The summed E-state index contributed by atoms with van der Waals surface area (Å²) in [6, 6.07) is 14.0. The molecule has 1 N–H and O–H groups in total. The Kier molecular flexibility index (Phi) is 7.51. The Labute approximate surface area is 213 Å². The van der Waals surface area contributed by atoms with Gasteiger partial charge in [-0.2, -0.15) is 0 Å². The predicted octanol–water partition coefficient (Wildman–Crippen LogP) is 7.91. The summed E-state index contributed by atoms with van der Waals surface area (Å²) >= 11 is 26.0. The Morgan fingerprint density at radius 1 is 0.970 bits per heavy atom. The molecule has 1 aliphatic heterocycles. The summed E-state index contributed by atoms with van der Waals surface area (Å²) in [6.45, 7) is 0.150. The van der Waals surface area contributed by atoms with Gasteiger partial charge in [-0.25, -0.2) is 9.38 Å². The Bertz CT molecular complexity index is 1270. The van der Waals surface area contributed by atoms with Crippen LogP contribution >= 0.6 is 58.2 Å². The van der Waals surface area contributed by atoms with Gasteiger partial charge in [-0.15, -0.1) is 0 Å². The molecule has 4 rings (SSSR count). The van der Waals surface area contributed by atoms with Crippen molar-refractivity contribution < 1.29 is 13.9 Å². The smallest absolute Gasteiger partial charge is 0.264 e. The molecule has 1 aliphatic rings. The van der Waals surface area contributed by atoms with Crippen molar-refractivity contribution >= 4 is 81.0 Å². The maximum absolute atomic E-state index is 13.1. The van der Waals surface area contributed by atoms with Crippen molar-refractivity contribution in [3.05, 3.63) is 96.5 Å². The number of amides is 1. The standard InChI is InChI=1S/C23H13Cl4FN2O2S/c24-14-2-1-13(17(25)10-14)11-32-21-18(26)7-12(8-19(21)27)9-20-22(31)30-23(33-20)29-16-5-3-15(28)4-6-16/h1-10H,11H2,(H,29,30,31)/b20-9+. The zero-order valence-electron chi connectivity index (χ0n) is 16.5. The highest BCUT2D eigenvalue weighted by Gasteiger charge is 2.24. The molecule has 168 valence electrons. The first kappa shape index (κ1) is 23.9. The van der Waals surface area contributed by atoms with Crippen LogP contribution in [0.4, 0.5) is 10.1 Å². The maximum Gasteiger partial charge on any atom is 0.264 e. The molecule has 0 atom stereocenters. The number of nitrogens with one attached hydrogen (secondary N) is 1. The van der Waals surface area contributed by atoms with Crippen molar-refractivity contribution in [3.8, 4) is 5.75 Å². The van der Waals surface area contributed by atoms with E-state index < -0.39 is 0 Å². The topological polar surface area (TPSA) is 50.7 Å². The Morgan fingerprint density at radius 2 is 1.67 bits per heavy atom. The van der Waals surface area contributed by atoms with Crippen LogP contribution in [0.25, 0.3) is 6.08 Å². The van der Waals surface area contributed by atoms with Crippen LogP contribution in [-0.2, 0) is 11.4 Å². The molecule has 1 saturated heterocycles. The van der Waals surface area contributed by atoms with E-state index in [1.54, 1.807) is 36.4 Å². The number of thioether (sulfide) groups is 1. The molecule has 3 aromatic rings. The summed E-state index contributed by atoms with van der Waals surface area (Å²) in [4.78, 5) is 17.0. The average molecular weight is 542 g/mol. The van der Waals surface area contributed by atoms with Crippen LogP contribution in [0.3, 0.4) is 0 Å². The predicted molar refractivity (Wildman–Crippen MR) is 134 cm³/mol. The van der Waals surface area contributed by atoms with Gasteiger partial charge in [0.25, 0.3) is 5.91 Å². The van der Waals surface area contributed by atoms with E-state index in [1.807, 2.05) is 0 Å². The fourth-order valence-electron chi connectivity index (χ4n) is 2.85. The monoisotopic (exact) mass is 540 g/mol. The van der Waals surface area contributed by atoms with Gasteiger partial charge in [0.05, 0.1) is 20.6 Å². The number of hydrogen-bond donors (Lipinski definition) is 1. The number of benzene rings is 3. The second-order valence-electron chi connectivity index (χ2n) is 6.80. The van der Waals surface area contributed by atoms with Gasteiger partial charge in [0.2, 0.25) is 0 Å². The van der Waals surface area contributed by atoms with Crippen LogP contribution in [0.1, 0.15) is 11.1 Å². The molecule has 1 fully saturated rings. The van der Waals surface area contributed by atoms with Gasteiger partial charge < -0.3 is 10.1 Å². The van der Waals surface area contributed by atoms with Crippen molar-refractivity contribution in [2.24, 2.45) is 4.99 Å². The van der Waals surface area contributed by atoms with Gasteiger partial charge in [-0.1, -0.05) is 52.5 Å². The minimum absolute atomic E-state index is 0.150. The molecule has 1 heterocycles. The summed E-state index contributed by atoms with van der Waals surface area (Å²) in [6.07, 6.45) is 1.64. The molecule has 1 amide bonds. The lowest BCUT2D eigenvalue weighted by Gasteiger charge is -2.12. The number of rotatable bonds is 5. The van der Waals surface area contributed by atoms with Gasteiger partial charge in [0.15, 0.2) is 10.9 Å². The first-order valence-electron chi connectivity index (χ1n) is 9.39. The molecular formula is C23H13Cl4FN2O2S. The molecule has 4 nitrogen and oxygen atoms in total. The minimum Gasteiger partial charge on any atom is -0.486 e. The summed E-state index contributed by atoms with van der Waals surface area (Å²) in [5, 5.41) is 4.62. The van der Waals surface area contributed by atoms with Crippen LogP contribution in [0.2, 0.25) is 20.1 Å². The van der Waals surface area contributed by atoms with Gasteiger partial charge in [-0.05, 0) is 71.9 Å². The van der Waals surface area contributed by atoms with Crippen molar-refractivity contribution in [3.63, 3.8) is 0 Å². The highest BCUT2D eigenvalue weighted by atomic mass is 35.5. The van der Waals surface area contributed by atoms with E-state index in [2.05, 4.69) is 10.3 Å². The lowest BCUT2D eigenvalue weighted by Crippen LogP contribution is -2.19. The van der Waals surface area contributed by atoms with Crippen molar-refractivity contribution in [2.45, 2.75) is 6.61 Å². The second kappa shape index (κ2) is 10.4. The summed E-state index contributed by atoms with van der Waals surface area (Å²) in [7, 11) is 0. The van der Waals surface area contributed by atoms with Gasteiger partial charge in [-0.3, -0.25) is 4.79 Å². The fourth-order valence-corrected chi connectivity index (χ4v) is 4.77. The zero-order chi connectivity index (χ0) is 23.5. The van der Waals surface area contributed by atoms with Crippen LogP contribution in [0.15, 0.2) is 64.5 Å². The molecule has 0 radical (unpaired) electrons. The van der Waals surface area contributed by atoms with E-state index in [1.165, 1.54) is 24.3 Å². The molecule has 33 heavy (non-hydrogen) atoms. The molecular weight excluding hydrogens is 529 g/mol. The minimum atomic E-state index is -0.361. The molecule has 0 aromatic heterocycles. The van der Waals surface area contributed by atoms with Crippen LogP contribution in [-0.4, -0.2) is 11.1 Å². The molecule has 0 bridgehead atoms. The second-order valence-corrected chi connectivity index (χ2v) is 9.48. The summed E-state index contributed by atoms with van der Waals surface area (Å²) in [5.74, 6) is -0.375. The normalized spacial score (nSPS) is 15.8. The third kappa shape index (κ3) is 6.02. The Morgan fingerprint density at radius 3 is 2.33 bits per heavy atom. The van der Waals surface area contributed by atoms with E-state index in [4.69, 9.17) is 51.1 Å². The Balaban J connectivity index is 1.50. The first-order valence-corrected chi connectivity index (χ1v) is 11.7. The van der Waals surface area contributed by atoms with E-state index >= 15 is 0 Å². The van der Waals surface area contributed by atoms with E-state index in [-0.39, 0.29) is 28.4 Å². The lowest BCUT2D eigenvalue weighted by atomic mass is 10.2. The quantitative estimate of drug-likeness (QED) is 0.334. The van der Waals surface area contributed by atoms with Crippen LogP contribution in [0, 0.1) is 5.82 Å². The van der Waals surface area contributed by atoms with Gasteiger partial charge >= 0.3 is 0 Å². The highest BCUT2D eigenvalue weighted by molar-refractivity contribution is 8.18. The van der Waals surface area contributed by atoms with E-state index in [0.29, 0.717) is 37.1 Å². The van der Waals surface area contributed by atoms with E-state index in [0.717, 1.165) is 17.3 Å². The van der Waals surface area contributed by atoms with Gasteiger partial charge in [0.1, 0.15) is 12.4 Å². The van der Waals surface area contributed by atoms with Crippen molar-refractivity contribution in [2.75, 3.05) is 0 Å². The molecule has 0 unspecified atom stereocenters. The summed E-state index contributed by atoms with van der Waals surface area (Å²) in [5.41, 5.74) is 1.86. The van der Waals surface area contributed by atoms with Gasteiger partial charge in [0, 0.05) is 15.6 Å². The number of nitrogens with zero attached hydrogens (tertiary/aromatic N) is 1. The van der Waals surface area contributed by atoms with Crippen LogP contribution < -0.4 is 10.1 Å². The number of amidine groups is 1. The molecule has 3 aromatic carbocycles. The third-order valence-electron chi connectivity index (χ3n) is 4.41. The number of hydrogen-bond acceptors (Lipinski definition) is 4. The number of ether oxygens (including phenoxy) is 1. The number of halogens is 5. The highest BCUT2D eigenvalue weighted by Crippen LogP contribution is 2.37.